The van der Waals surface area contributed by atoms with Crippen molar-refractivity contribution in [3.05, 3.63) is 74.0 Å². The van der Waals surface area contributed by atoms with Gasteiger partial charge >= 0.3 is 0 Å². The lowest BCUT2D eigenvalue weighted by molar-refractivity contribution is -0.122. The van der Waals surface area contributed by atoms with E-state index < -0.39 is 0 Å². The van der Waals surface area contributed by atoms with Crippen LogP contribution in [0.2, 0.25) is 5.02 Å². The Morgan fingerprint density at radius 1 is 1.11 bits per heavy atom. The number of unbranched alkanes of at least 4 members (excludes halogenated alkanes) is 1. The molecule has 0 N–H and O–H groups in total. The van der Waals surface area contributed by atoms with Gasteiger partial charge in [0.05, 0.1) is 10.5 Å². The van der Waals surface area contributed by atoms with Gasteiger partial charge in [-0.15, -0.1) is 0 Å². The zero-order chi connectivity index (χ0) is 26.1. The molecule has 2 aliphatic rings. The number of benzene rings is 1. The molecule has 2 aliphatic heterocycles. The summed E-state index contributed by atoms with van der Waals surface area (Å²) in [5.74, 6) is 0.456. The van der Waals surface area contributed by atoms with Crippen LogP contribution in [0.25, 0.3) is 11.7 Å². The first-order chi connectivity index (χ1) is 17.9. The Bertz CT molecular complexity index is 1460. The van der Waals surface area contributed by atoms with Crippen LogP contribution in [0, 0.1) is 6.92 Å². The SMILES string of the molecule is CCCCN1C(=O)C(=Cc2c(N3CCN(c4cccc(Cl)c4)CC3)nc3c(C)cccn3c2=O)SC1=S. The maximum absolute atomic E-state index is 13.8. The first kappa shape index (κ1) is 25.8. The van der Waals surface area contributed by atoms with Crippen LogP contribution in [-0.4, -0.2) is 57.2 Å². The highest BCUT2D eigenvalue weighted by Gasteiger charge is 2.33. The van der Waals surface area contributed by atoms with E-state index in [1.54, 1.807) is 21.6 Å². The molecule has 7 nitrogen and oxygen atoms in total. The van der Waals surface area contributed by atoms with E-state index >= 15 is 0 Å². The normalized spacial score (nSPS) is 17.5. The van der Waals surface area contributed by atoms with Crippen LogP contribution in [0.1, 0.15) is 30.9 Å². The van der Waals surface area contributed by atoms with E-state index in [9.17, 15) is 9.59 Å². The van der Waals surface area contributed by atoms with Crippen molar-refractivity contribution in [1.29, 1.82) is 0 Å². The molecule has 0 radical (unpaired) electrons. The Hall–Kier alpha value is -2.88. The fourth-order valence-corrected chi connectivity index (χ4v) is 6.13. The second-order valence-electron chi connectivity index (χ2n) is 9.18. The number of hydrogen-bond acceptors (Lipinski definition) is 7. The summed E-state index contributed by atoms with van der Waals surface area (Å²) in [5.41, 5.74) is 2.82. The van der Waals surface area contributed by atoms with Crippen molar-refractivity contribution >= 4 is 69.0 Å². The average molecular weight is 554 g/mol. The standard InChI is InChI=1S/C27H28ClN5O2S2/c1-3-4-10-33-26(35)22(37-27(33)36)17-21-24(29-23-18(2)7-6-11-32(23)25(21)34)31-14-12-30(13-15-31)20-9-5-8-19(28)16-20/h5-9,11,16-17H,3-4,10,12-15H2,1-2H3. The smallest absolute Gasteiger partial charge is 0.267 e. The van der Waals surface area contributed by atoms with E-state index in [1.807, 2.05) is 37.3 Å². The Morgan fingerprint density at radius 2 is 1.86 bits per heavy atom. The third-order valence-electron chi connectivity index (χ3n) is 6.70. The van der Waals surface area contributed by atoms with Crippen molar-refractivity contribution in [2.24, 2.45) is 0 Å². The Kier molecular flexibility index (Phi) is 7.55. The number of halogens is 1. The molecule has 4 heterocycles. The number of amides is 1. The summed E-state index contributed by atoms with van der Waals surface area (Å²) >= 11 is 12.9. The molecule has 0 aliphatic carbocycles. The summed E-state index contributed by atoms with van der Waals surface area (Å²) in [4.78, 5) is 38.4. The highest BCUT2D eigenvalue weighted by molar-refractivity contribution is 8.26. The van der Waals surface area contributed by atoms with Gasteiger partial charge in [-0.1, -0.05) is 61.1 Å². The maximum Gasteiger partial charge on any atom is 0.267 e. The van der Waals surface area contributed by atoms with Crippen molar-refractivity contribution in [2.45, 2.75) is 26.7 Å². The van der Waals surface area contributed by atoms with Crippen LogP contribution >= 0.6 is 35.6 Å². The van der Waals surface area contributed by atoms with Gasteiger partial charge < -0.3 is 9.80 Å². The summed E-state index contributed by atoms with van der Waals surface area (Å²) in [6.45, 7) is 7.49. The number of nitrogens with zero attached hydrogens (tertiary/aromatic N) is 5. The van der Waals surface area contributed by atoms with Gasteiger partial charge in [-0.25, -0.2) is 4.98 Å². The number of carbonyl (C=O) groups is 1. The maximum atomic E-state index is 13.8. The van der Waals surface area contributed by atoms with Crippen LogP contribution in [0.15, 0.2) is 52.3 Å². The Labute approximate surface area is 230 Å². The van der Waals surface area contributed by atoms with Crippen LogP contribution in [0.5, 0.6) is 0 Å². The fraction of sp³-hybridized carbons (Fsp3) is 0.333. The van der Waals surface area contributed by atoms with Crippen LogP contribution in [0.4, 0.5) is 11.5 Å². The highest BCUT2D eigenvalue weighted by Crippen LogP contribution is 2.34. The largest absolute Gasteiger partial charge is 0.368 e. The summed E-state index contributed by atoms with van der Waals surface area (Å²) < 4.78 is 2.09. The molecule has 2 saturated heterocycles. The lowest BCUT2D eigenvalue weighted by Gasteiger charge is -2.37. The van der Waals surface area contributed by atoms with Gasteiger partial charge in [0, 0.05) is 49.6 Å². The number of thiocarbonyl (C=S) groups is 1. The first-order valence-corrected chi connectivity index (χ1v) is 14.0. The number of anilines is 2. The van der Waals surface area contributed by atoms with Gasteiger partial charge in [0.15, 0.2) is 0 Å². The molecule has 2 aromatic heterocycles. The fourth-order valence-electron chi connectivity index (χ4n) is 4.66. The van der Waals surface area contributed by atoms with Crippen molar-refractivity contribution in [3.8, 4) is 0 Å². The number of pyridine rings is 1. The molecular weight excluding hydrogens is 526 g/mol. The molecule has 3 aromatic rings. The van der Waals surface area contributed by atoms with Gasteiger partial charge in [-0.3, -0.25) is 18.9 Å². The van der Waals surface area contributed by atoms with E-state index in [0.29, 0.717) is 50.9 Å². The predicted octanol–water partition coefficient (Wildman–Crippen LogP) is 4.98. The third-order valence-corrected chi connectivity index (χ3v) is 8.31. The molecule has 0 saturated carbocycles. The Balaban J connectivity index is 1.52. The molecule has 5 rings (SSSR count). The quantitative estimate of drug-likeness (QED) is 0.315. The zero-order valence-electron chi connectivity index (χ0n) is 20.8. The van der Waals surface area contributed by atoms with E-state index in [4.69, 9.17) is 28.8 Å². The number of hydrogen-bond donors (Lipinski definition) is 0. The minimum Gasteiger partial charge on any atom is -0.368 e. The summed E-state index contributed by atoms with van der Waals surface area (Å²) in [6.07, 6.45) is 5.26. The van der Waals surface area contributed by atoms with Gasteiger partial charge in [-0.2, -0.15) is 0 Å². The second kappa shape index (κ2) is 10.8. The number of fused-ring (bicyclic) bond motifs is 1. The summed E-state index contributed by atoms with van der Waals surface area (Å²) in [5, 5.41) is 0.707. The number of piperazine rings is 1. The molecule has 37 heavy (non-hydrogen) atoms. The van der Waals surface area contributed by atoms with Crippen molar-refractivity contribution in [2.75, 3.05) is 42.5 Å². The molecule has 0 bridgehead atoms. The van der Waals surface area contributed by atoms with E-state index in [0.717, 1.165) is 37.2 Å². The molecule has 10 heteroatoms. The minimum absolute atomic E-state index is 0.145. The number of aryl methyl sites for hydroxylation is 1. The molecule has 1 aromatic carbocycles. The first-order valence-electron chi connectivity index (χ1n) is 12.4. The van der Waals surface area contributed by atoms with Crippen molar-refractivity contribution in [1.82, 2.24) is 14.3 Å². The van der Waals surface area contributed by atoms with Gasteiger partial charge in [0.1, 0.15) is 15.8 Å². The number of carbonyl (C=O) groups excluding carboxylic acids is 1. The summed E-state index contributed by atoms with van der Waals surface area (Å²) in [7, 11) is 0. The number of rotatable bonds is 6. The summed E-state index contributed by atoms with van der Waals surface area (Å²) in [6, 6.07) is 11.6. The minimum atomic E-state index is -0.195. The zero-order valence-corrected chi connectivity index (χ0v) is 23.2. The predicted molar refractivity (Wildman–Crippen MR) is 157 cm³/mol. The second-order valence-corrected chi connectivity index (χ2v) is 11.3. The highest BCUT2D eigenvalue weighted by atomic mass is 35.5. The number of aromatic nitrogens is 2. The molecule has 0 atom stereocenters. The van der Waals surface area contributed by atoms with Crippen LogP contribution in [-0.2, 0) is 4.79 Å². The van der Waals surface area contributed by atoms with E-state index in [-0.39, 0.29) is 11.5 Å². The van der Waals surface area contributed by atoms with Crippen molar-refractivity contribution < 1.29 is 4.79 Å². The molecule has 192 valence electrons. The molecule has 1 amide bonds. The average Bonchev–Trinajstić information content (AvgIpc) is 3.16. The molecule has 2 fully saturated rings. The topological polar surface area (TPSA) is 61.2 Å². The molecule has 0 unspecified atom stereocenters. The number of thioether (sulfide) groups is 1. The van der Waals surface area contributed by atoms with E-state index in [1.165, 1.54) is 11.8 Å². The Morgan fingerprint density at radius 3 is 2.59 bits per heavy atom. The van der Waals surface area contributed by atoms with Crippen LogP contribution in [0.3, 0.4) is 0 Å². The molecular formula is C27H28ClN5O2S2. The lowest BCUT2D eigenvalue weighted by Crippen LogP contribution is -2.47. The third kappa shape index (κ3) is 5.12. The van der Waals surface area contributed by atoms with Gasteiger partial charge in [0.2, 0.25) is 0 Å². The van der Waals surface area contributed by atoms with Crippen LogP contribution < -0.4 is 15.4 Å². The van der Waals surface area contributed by atoms with E-state index in [2.05, 4.69) is 22.8 Å². The van der Waals surface area contributed by atoms with Gasteiger partial charge in [0.25, 0.3) is 11.5 Å². The van der Waals surface area contributed by atoms with Crippen molar-refractivity contribution in [3.63, 3.8) is 0 Å². The monoisotopic (exact) mass is 553 g/mol. The van der Waals surface area contributed by atoms with Gasteiger partial charge in [-0.05, 0) is 49.2 Å². The lowest BCUT2D eigenvalue weighted by atomic mass is 10.2. The molecule has 0 spiro atoms.